The molecule has 0 spiro atoms. The van der Waals surface area contributed by atoms with Gasteiger partial charge in [0, 0.05) is 0 Å². The first-order valence-electron chi connectivity index (χ1n) is 21.5. The van der Waals surface area contributed by atoms with Gasteiger partial charge in [0.15, 0.2) is 0 Å². The topological polar surface area (TPSA) is 0 Å². The van der Waals surface area contributed by atoms with E-state index >= 15 is 0 Å². The zero-order valence-electron chi connectivity index (χ0n) is 36.4. The van der Waals surface area contributed by atoms with Crippen molar-refractivity contribution < 1.29 is 20.8 Å². The molecule has 0 saturated heterocycles. The first kappa shape index (κ1) is 45.7. The maximum atomic E-state index is 4.93. The second-order valence-electron chi connectivity index (χ2n) is 16.5. The van der Waals surface area contributed by atoms with Crippen molar-refractivity contribution in [2.24, 2.45) is 0 Å². The van der Waals surface area contributed by atoms with Gasteiger partial charge in [0.2, 0.25) is 0 Å². The van der Waals surface area contributed by atoms with E-state index in [1.165, 1.54) is 100 Å². The van der Waals surface area contributed by atoms with Crippen LogP contribution in [0.5, 0.6) is 0 Å². The van der Waals surface area contributed by atoms with Gasteiger partial charge >= 0.3 is 37.9 Å². The van der Waals surface area contributed by atoms with Gasteiger partial charge in [0.25, 0.3) is 0 Å². The van der Waals surface area contributed by atoms with Crippen LogP contribution in [0, 0.1) is 6.07 Å². The maximum absolute atomic E-state index is 4.93. The minimum Gasteiger partial charge on any atom is -0.184 e. The van der Waals surface area contributed by atoms with Gasteiger partial charge in [0.1, 0.15) is 0 Å². The summed E-state index contributed by atoms with van der Waals surface area (Å²) in [5.74, 6) is 2.31. The zero-order chi connectivity index (χ0) is 42.8. The Hall–Kier alpha value is -3.78. The van der Waals surface area contributed by atoms with Crippen molar-refractivity contribution in [2.45, 2.75) is 91.9 Å². The molecule has 2 unspecified atom stereocenters. The fraction of sp³-hybridized carbons (Fsp3) is 0.250. The van der Waals surface area contributed by atoms with Crippen LogP contribution in [0.3, 0.4) is 0 Å². The van der Waals surface area contributed by atoms with E-state index in [4.69, 9.17) is 17.0 Å². The summed E-state index contributed by atoms with van der Waals surface area (Å²) in [5.41, 5.74) is 14.1. The minimum atomic E-state index is -0.826. The van der Waals surface area contributed by atoms with Crippen LogP contribution < -0.4 is 10.4 Å². The van der Waals surface area contributed by atoms with E-state index in [1.807, 2.05) is 6.07 Å². The van der Waals surface area contributed by atoms with Crippen molar-refractivity contribution in [3.8, 4) is 33.4 Å². The van der Waals surface area contributed by atoms with Gasteiger partial charge in [-0.3, -0.25) is 0 Å². The summed E-state index contributed by atoms with van der Waals surface area (Å²) >= 11 is -0.826. The average molecular weight is 920 g/mol. The normalized spacial score (nSPS) is 12.4. The van der Waals surface area contributed by atoms with Crippen molar-refractivity contribution in [2.75, 3.05) is 0 Å². The molecule has 60 heavy (non-hydrogen) atoms. The van der Waals surface area contributed by atoms with Gasteiger partial charge in [-0.05, 0) is 47.6 Å². The summed E-state index contributed by atoms with van der Waals surface area (Å²) in [6.45, 7) is 18.3. The fourth-order valence-electron chi connectivity index (χ4n) is 8.15. The molecule has 1 aliphatic rings. The second-order valence-corrected chi connectivity index (χ2v) is 21.5. The third-order valence-corrected chi connectivity index (χ3v) is 13.3. The van der Waals surface area contributed by atoms with Crippen LogP contribution in [0.1, 0.15) is 114 Å². The smallest absolute Gasteiger partial charge is 0.0920 e. The molecule has 9 rings (SSSR count). The molecule has 0 fully saturated rings. The summed E-state index contributed by atoms with van der Waals surface area (Å²) in [7, 11) is 10.7. The molecular formula is C56H57Cl2SiZr-3. The molecule has 0 N–H and O–H groups in total. The molecule has 2 atom stereocenters. The molecule has 8 aromatic rings. The van der Waals surface area contributed by atoms with Crippen LogP contribution in [-0.2, 0) is 20.8 Å². The van der Waals surface area contributed by atoms with Gasteiger partial charge in [-0.1, -0.05) is 173 Å². The Kier molecular flexibility index (Phi) is 16.6. The summed E-state index contributed by atoms with van der Waals surface area (Å²) in [4.78, 5) is 0. The first-order chi connectivity index (χ1) is 29.1. The molecule has 0 amide bonds. The summed E-state index contributed by atoms with van der Waals surface area (Å²) in [6, 6.07) is 58.6. The molecule has 2 radical (unpaired) electrons. The third kappa shape index (κ3) is 10.6. The molecule has 1 aliphatic heterocycles. The summed E-state index contributed by atoms with van der Waals surface area (Å²) in [6.07, 6.45) is 2.34. The van der Waals surface area contributed by atoms with Gasteiger partial charge in [-0.15, -0.1) is 74.6 Å². The Morgan fingerprint density at radius 1 is 0.550 bits per heavy atom. The number of halogens is 2. The number of fused-ring (bicyclic) bond motifs is 5. The number of benzene rings is 6. The van der Waals surface area contributed by atoms with Crippen molar-refractivity contribution in [1.29, 1.82) is 0 Å². The van der Waals surface area contributed by atoms with Crippen LogP contribution in [-0.4, -0.2) is 9.52 Å². The van der Waals surface area contributed by atoms with Gasteiger partial charge in [0.05, 0.1) is 9.52 Å². The van der Waals surface area contributed by atoms with E-state index < -0.39 is 20.8 Å². The van der Waals surface area contributed by atoms with Crippen LogP contribution in [0.15, 0.2) is 152 Å². The Bertz CT molecular complexity index is 2400. The number of rotatable bonds is 8. The number of hydrogen-bond acceptors (Lipinski definition) is 0. The number of hydrogen-bond donors (Lipinski definition) is 0. The molecule has 0 nitrogen and oxygen atoms in total. The maximum Gasteiger partial charge on any atom is 0.0920 e. The zero-order valence-corrected chi connectivity index (χ0v) is 41.4. The molecule has 1 heterocycles. The Labute approximate surface area is 381 Å². The van der Waals surface area contributed by atoms with Crippen molar-refractivity contribution >= 4 is 58.5 Å². The Morgan fingerprint density at radius 3 is 1.43 bits per heavy atom. The van der Waals surface area contributed by atoms with Crippen LogP contribution >= 0.6 is 17.0 Å². The largest absolute Gasteiger partial charge is 0.184 e. The summed E-state index contributed by atoms with van der Waals surface area (Å²) in [5, 5.41) is 8.38. The van der Waals surface area contributed by atoms with Gasteiger partial charge < -0.3 is 0 Å². The molecule has 8 aromatic carbocycles. The minimum absolute atomic E-state index is 0.572. The van der Waals surface area contributed by atoms with Gasteiger partial charge in [-0.2, -0.15) is 41.6 Å². The molecule has 0 bridgehead atoms. The standard InChI is InChI=1S/2C22H25.C12H7Si.2ClH.Zr/c2*1-5-16(4)20-12-11-18-13-19(15(2)3)14-21(18)22(20)17-9-7-6-8-10-17;1-3-7-11-9(5-1)10-6-2-4-8-12(10)13-11;;;/h2*6-16H,5H2,1-4H3;1-7H;2*1H;/q3*-1;;;+2/p-2. The van der Waals surface area contributed by atoms with E-state index in [2.05, 4.69) is 207 Å². The van der Waals surface area contributed by atoms with Crippen molar-refractivity contribution in [1.82, 2.24) is 0 Å². The molecule has 0 aromatic heterocycles. The molecule has 4 heteroatoms. The monoisotopic (exact) mass is 917 g/mol. The van der Waals surface area contributed by atoms with E-state index in [9.17, 15) is 0 Å². The average Bonchev–Trinajstić information content (AvgIpc) is 4.02. The fourth-order valence-corrected chi connectivity index (χ4v) is 9.46. The van der Waals surface area contributed by atoms with Crippen LogP contribution in [0.4, 0.5) is 0 Å². The van der Waals surface area contributed by atoms with E-state index in [1.54, 1.807) is 0 Å². The molecular weight excluding hydrogens is 863 g/mol. The molecule has 0 aliphatic carbocycles. The first-order valence-corrected chi connectivity index (χ1v) is 28.8. The Balaban J connectivity index is 0.000000150. The Morgan fingerprint density at radius 2 is 0.983 bits per heavy atom. The summed E-state index contributed by atoms with van der Waals surface area (Å²) < 4.78 is 0. The van der Waals surface area contributed by atoms with E-state index in [-0.39, 0.29) is 0 Å². The SMILES string of the molecule is CCC(C)c1ccc2[cH-]c(C(C)C)cc2c1-c1ccccc1.CCC(C)c1ccc2[cH-]c(C(C)C)cc2c1-c1ccccc1.[Cl][Zr][Cl].[c-]1cccc2c1[Si]c1ccccc1-2. The molecule has 0 saturated carbocycles. The second kappa shape index (κ2) is 21.8. The third-order valence-electron chi connectivity index (χ3n) is 12.0. The van der Waals surface area contributed by atoms with Crippen molar-refractivity contribution in [3.63, 3.8) is 0 Å². The van der Waals surface area contributed by atoms with E-state index in [0.29, 0.717) is 23.7 Å². The van der Waals surface area contributed by atoms with Crippen molar-refractivity contribution in [3.05, 3.63) is 180 Å². The van der Waals surface area contributed by atoms with Gasteiger partial charge in [-0.25, -0.2) is 0 Å². The predicted molar refractivity (Wildman–Crippen MR) is 263 cm³/mol. The molecule has 306 valence electrons. The van der Waals surface area contributed by atoms with Crippen LogP contribution in [0.2, 0.25) is 0 Å². The predicted octanol–water partition coefficient (Wildman–Crippen LogP) is 16.2. The quantitative estimate of drug-likeness (QED) is 0.105. The van der Waals surface area contributed by atoms with E-state index in [0.717, 1.165) is 9.52 Å². The van der Waals surface area contributed by atoms with Crippen LogP contribution in [0.25, 0.3) is 54.9 Å².